The average molecular weight is 470 g/mol. The van der Waals surface area contributed by atoms with Gasteiger partial charge < -0.3 is 18.9 Å². The molecular formula is C29H31N3O3. The van der Waals surface area contributed by atoms with E-state index in [2.05, 4.69) is 23.6 Å². The van der Waals surface area contributed by atoms with Crippen LogP contribution in [0.2, 0.25) is 0 Å². The molecule has 1 atom stereocenters. The van der Waals surface area contributed by atoms with Gasteiger partial charge in [-0.2, -0.15) is 0 Å². The third-order valence-electron chi connectivity index (χ3n) is 6.68. The maximum atomic E-state index is 13.0. The van der Waals surface area contributed by atoms with Gasteiger partial charge in [-0.15, -0.1) is 0 Å². The van der Waals surface area contributed by atoms with Crippen LogP contribution in [0.4, 0.5) is 5.69 Å². The topological polar surface area (TPSA) is 56.6 Å². The predicted octanol–water partition coefficient (Wildman–Crippen LogP) is 5.73. The summed E-state index contributed by atoms with van der Waals surface area (Å²) in [5.74, 6) is 2.77. The summed E-state index contributed by atoms with van der Waals surface area (Å²) in [5, 5.41) is 0. The number of hydrogen-bond donors (Lipinski definition) is 0. The van der Waals surface area contributed by atoms with Crippen LogP contribution in [-0.4, -0.2) is 35.7 Å². The van der Waals surface area contributed by atoms with E-state index in [9.17, 15) is 4.79 Å². The van der Waals surface area contributed by atoms with Gasteiger partial charge >= 0.3 is 0 Å². The summed E-state index contributed by atoms with van der Waals surface area (Å²) in [6, 6.07) is 24.0. The Labute approximate surface area is 206 Å². The smallest absolute Gasteiger partial charge is 0.227 e. The van der Waals surface area contributed by atoms with Crippen molar-refractivity contribution in [2.24, 2.45) is 0 Å². The molecule has 0 bridgehead atoms. The number of aryl methyl sites for hydroxylation is 2. The SMILES string of the molecule is COc1ccccc1N1C[C@H](c2nc3ccccc3n2CCCCOc2ccccc2C)CC1=O. The van der Waals surface area contributed by atoms with Crippen LogP contribution in [0.5, 0.6) is 11.5 Å². The summed E-state index contributed by atoms with van der Waals surface area (Å²) in [6.07, 6.45) is 2.35. The van der Waals surface area contributed by atoms with Crippen LogP contribution in [0.25, 0.3) is 11.0 Å². The summed E-state index contributed by atoms with van der Waals surface area (Å²) in [5.41, 5.74) is 4.06. The van der Waals surface area contributed by atoms with Crippen molar-refractivity contribution >= 4 is 22.6 Å². The number of fused-ring (bicyclic) bond motifs is 1. The van der Waals surface area contributed by atoms with E-state index in [1.165, 1.54) is 0 Å². The molecule has 0 radical (unpaired) electrons. The zero-order chi connectivity index (χ0) is 24.2. The lowest BCUT2D eigenvalue weighted by molar-refractivity contribution is -0.117. The second-order valence-electron chi connectivity index (χ2n) is 9.01. The molecule has 4 aromatic rings. The summed E-state index contributed by atoms with van der Waals surface area (Å²) in [6.45, 7) is 4.18. The fourth-order valence-corrected chi connectivity index (χ4v) is 4.88. The number of rotatable bonds is 9. The molecule has 0 unspecified atom stereocenters. The quantitative estimate of drug-likeness (QED) is 0.294. The van der Waals surface area contributed by atoms with Crippen molar-refractivity contribution in [2.45, 2.75) is 38.6 Å². The van der Waals surface area contributed by atoms with Crippen LogP contribution in [-0.2, 0) is 11.3 Å². The van der Waals surface area contributed by atoms with E-state index in [0.29, 0.717) is 25.3 Å². The van der Waals surface area contributed by atoms with E-state index in [0.717, 1.165) is 53.2 Å². The number of nitrogens with zero attached hydrogens (tertiary/aromatic N) is 3. The van der Waals surface area contributed by atoms with Crippen LogP contribution in [0.1, 0.15) is 36.6 Å². The number of aromatic nitrogens is 2. The van der Waals surface area contributed by atoms with Crippen molar-refractivity contribution < 1.29 is 14.3 Å². The van der Waals surface area contributed by atoms with Crippen LogP contribution in [0.3, 0.4) is 0 Å². The molecule has 180 valence electrons. The van der Waals surface area contributed by atoms with Crippen molar-refractivity contribution in [1.82, 2.24) is 9.55 Å². The van der Waals surface area contributed by atoms with Gasteiger partial charge in [-0.25, -0.2) is 4.98 Å². The Balaban J connectivity index is 1.31. The molecule has 35 heavy (non-hydrogen) atoms. The first-order chi connectivity index (χ1) is 17.2. The van der Waals surface area contributed by atoms with Gasteiger partial charge in [0.05, 0.1) is 30.4 Å². The van der Waals surface area contributed by atoms with E-state index < -0.39 is 0 Å². The number of anilines is 1. The van der Waals surface area contributed by atoms with E-state index in [1.807, 2.05) is 65.6 Å². The van der Waals surface area contributed by atoms with Gasteiger partial charge in [-0.3, -0.25) is 4.79 Å². The van der Waals surface area contributed by atoms with E-state index >= 15 is 0 Å². The molecule has 2 heterocycles. The Morgan fingerprint density at radius 3 is 2.51 bits per heavy atom. The Morgan fingerprint density at radius 2 is 1.69 bits per heavy atom. The normalized spacial score (nSPS) is 15.7. The van der Waals surface area contributed by atoms with Crippen molar-refractivity contribution in [3.8, 4) is 11.5 Å². The lowest BCUT2D eigenvalue weighted by Gasteiger charge is -2.19. The van der Waals surface area contributed by atoms with Gasteiger partial charge in [0.1, 0.15) is 17.3 Å². The molecule has 1 saturated heterocycles. The summed E-state index contributed by atoms with van der Waals surface area (Å²) in [4.78, 5) is 19.8. The first-order valence-corrected chi connectivity index (χ1v) is 12.2. The van der Waals surface area contributed by atoms with Crippen molar-refractivity contribution in [3.63, 3.8) is 0 Å². The zero-order valence-corrected chi connectivity index (χ0v) is 20.3. The van der Waals surface area contributed by atoms with Gasteiger partial charge in [0.2, 0.25) is 5.91 Å². The highest BCUT2D eigenvalue weighted by Gasteiger charge is 2.35. The highest BCUT2D eigenvalue weighted by atomic mass is 16.5. The second kappa shape index (κ2) is 10.2. The minimum Gasteiger partial charge on any atom is -0.495 e. The fraction of sp³-hybridized carbons (Fsp3) is 0.310. The number of para-hydroxylation sites is 5. The Hall–Kier alpha value is -3.80. The second-order valence-corrected chi connectivity index (χ2v) is 9.01. The highest BCUT2D eigenvalue weighted by molar-refractivity contribution is 5.97. The van der Waals surface area contributed by atoms with Gasteiger partial charge in [0, 0.05) is 25.4 Å². The standard InChI is InChI=1S/C29H31N3O3/c1-21-11-3-7-15-26(21)35-18-10-9-17-31-24-13-5-4-12-23(24)30-29(31)22-19-28(33)32(20-22)25-14-6-8-16-27(25)34-2/h3-8,11-16,22H,9-10,17-20H2,1-2H3/t22-/m1/s1. The number of carbonyl (C=O) groups is 1. The molecule has 0 N–H and O–H groups in total. The molecule has 6 heteroatoms. The largest absolute Gasteiger partial charge is 0.495 e. The first kappa shape index (κ1) is 23.0. The number of hydrogen-bond acceptors (Lipinski definition) is 4. The highest BCUT2D eigenvalue weighted by Crippen LogP contribution is 2.37. The molecule has 3 aromatic carbocycles. The molecule has 1 fully saturated rings. The van der Waals surface area contributed by atoms with Crippen LogP contribution >= 0.6 is 0 Å². The van der Waals surface area contributed by atoms with Gasteiger partial charge in [0.15, 0.2) is 0 Å². The molecular weight excluding hydrogens is 438 g/mol. The first-order valence-electron chi connectivity index (χ1n) is 12.2. The number of imidazole rings is 1. The van der Waals surface area contributed by atoms with Crippen LogP contribution in [0, 0.1) is 6.92 Å². The maximum Gasteiger partial charge on any atom is 0.227 e. The number of benzene rings is 3. The average Bonchev–Trinajstić information content (AvgIpc) is 3.45. The molecule has 1 aromatic heterocycles. The van der Waals surface area contributed by atoms with Gasteiger partial charge in [-0.1, -0.05) is 42.5 Å². The summed E-state index contributed by atoms with van der Waals surface area (Å²) >= 11 is 0. The van der Waals surface area contributed by atoms with E-state index in [1.54, 1.807) is 7.11 Å². The van der Waals surface area contributed by atoms with Gasteiger partial charge in [0.25, 0.3) is 0 Å². The molecule has 1 amide bonds. The number of ether oxygens (including phenoxy) is 2. The van der Waals surface area contributed by atoms with Crippen LogP contribution in [0.15, 0.2) is 72.8 Å². The van der Waals surface area contributed by atoms with E-state index in [4.69, 9.17) is 14.5 Å². The maximum absolute atomic E-state index is 13.0. The Morgan fingerprint density at radius 1 is 0.943 bits per heavy atom. The molecule has 0 aliphatic carbocycles. The van der Waals surface area contributed by atoms with Crippen molar-refractivity contribution in [1.29, 1.82) is 0 Å². The monoisotopic (exact) mass is 469 g/mol. The molecule has 6 nitrogen and oxygen atoms in total. The van der Waals surface area contributed by atoms with Crippen LogP contribution < -0.4 is 14.4 Å². The molecule has 5 rings (SSSR count). The Bertz CT molecular complexity index is 1330. The molecule has 1 aliphatic rings. The Kier molecular flexibility index (Phi) is 6.70. The minimum absolute atomic E-state index is 0.0306. The van der Waals surface area contributed by atoms with Crippen molar-refractivity contribution in [3.05, 3.63) is 84.2 Å². The molecule has 0 spiro atoms. The van der Waals surface area contributed by atoms with Gasteiger partial charge in [-0.05, 0) is 55.7 Å². The number of methoxy groups -OCH3 is 1. The minimum atomic E-state index is 0.0306. The summed E-state index contributed by atoms with van der Waals surface area (Å²) < 4.78 is 13.8. The molecule has 1 aliphatic heterocycles. The zero-order valence-electron chi connectivity index (χ0n) is 20.3. The number of unbranched alkanes of at least 4 members (excludes halogenated alkanes) is 1. The third kappa shape index (κ3) is 4.74. The summed E-state index contributed by atoms with van der Waals surface area (Å²) in [7, 11) is 1.64. The lowest BCUT2D eigenvalue weighted by atomic mass is 10.1. The number of carbonyl (C=O) groups excluding carboxylic acids is 1. The van der Waals surface area contributed by atoms with Crippen molar-refractivity contribution in [2.75, 3.05) is 25.2 Å². The lowest BCUT2D eigenvalue weighted by Crippen LogP contribution is -2.25. The molecule has 0 saturated carbocycles. The number of amides is 1. The third-order valence-corrected chi connectivity index (χ3v) is 6.68. The predicted molar refractivity (Wildman–Crippen MR) is 138 cm³/mol. The van der Waals surface area contributed by atoms with E-state index in [-0.39, 0.29) is 11.8 Å². The fourth-order valence-electron chi connectivity index (χ4n) is 4.88.